The van der Waals surface area contributed by atoms with Crippen molar-refractivity contribution < 1.29 is 4.74 Å². The molecule has 0 radical (unpaired) electrons. The Morgan fingerprint density at radius 2 is 2.44 bits per heavy atom. The van der Waals surface area contributed by atoms with Gasteiger partial charge in [-0.1, -0.05) is 23.4 Å². The van der Waals surface area contributed by atoms with Crippen LogP contribution in [-0.4, -0.2) is 17.0 Å². The lowest BCUT2D eigenvalue weighted by molar-refractivity contribution is 0.259. The second-order valence-electron chi connectivity index (χ2n) is 3.47. The molecule has 1 unspecified atom stereocenters. The van der Waals surface area contributed by atoms with Crippen LogP contribution >= 0.6 is 23.4 Å². The van der Waals surface area contributed by atoms with Gasteiger partial charge in [0, 0.05) is 17.2 Å². The minimum Gasteiger partial charge on any atom is -0.489 e. The maximum atomic E-state index is 5.90. The van der Waals surface area contributed by atoms with Gasteiger partial charge in [0.2, 0.25) is 0 Å². The van der Waals surface area contributed by atoms with E-state index in [2.05, 4.69) is 5.10 Å². The Morgan fingerprint density at radius 1 is 1.62 bits per heavy atom. The number of thioether (sulfide) groups is 1. The Labute approximate surface area is 103 Å². The van der Waals surface area contributed by atoms with Gasteiger partial charge < -0.3 is 16.3 Å². The lowest BCUT2D eigenvalue weighted by atomic mass is 10.1. The van der Waals surface area contributed by atoms with Gasteiger partial charge in [0.25, 0.3) is 0 Å². The number of ether oxygens (including phenoxy) is 1. The molecular formula is C10H12ClN3OS. The first-order valence-electron chi connectivity index (χ1n) is 4.80. The third-order valence-corrected chi connectivity index (χ3v) is 3.48. The number of hydrogen-bond donors (Lipinski definition) is 2. The number of nitrogens with two attached hydrogens (primary N) is 2. The molecule has 1 atom stereocenters. The topological polar surface area (TPSA) is 73.6 Å². The summed E-state index contributed by atoms with van der Waals surface area (Å²) in [7, 11) is 0. The summed E-state index contributed by atoms with van der Waals surface area (Å²) < 4.78 is 5.73. The first-order chi connectivity index (χ1) is 7.69. The Morgan fingerprint density at radius 3 is 3.19 bits per heavy atom. The largest absolute Gasteiger partial charge is 0.489 e. The molecule has 0 bridgehead atoms. The molecule has 4 N–H and O–H groups in total. The molecule has 16 heavy (non-hydrogen) atoms. The SMILES string of the molecule is NN=C(N)SCC1Cc2cc(Cl)ccc2O1. The third kappa shape index (κ3) is 2.54. The highest BCUT2D eigenvalue weighted by molar-refractivity contribution is 8.13. The molecule has 1 aliphatic rings. The number of halogens is 1. The van der Waals surface area contributed by atoms with Crippen LogP contribution in [0.1, 0.15) is 5.56 Å². The Bertz CT molecular complexity index is 425. The fourth-order valence-electron chi connectivity index (χ4n) is 1.60. The summed E-state index contributed by atoms with van der Waals surface area (Å²) in [4.78, 5) is 0. The van der Waals surface area contributed by atoms with Crippen LogP contribution in [0.5, 0.6) is 5.75 Å². The highest BCUT2D eigenvalue weighted by Gasteiger charge is 2.23. The van der Waals surface area contributed by atoms with Gasteiger partial charge in [-0.05, 0) is 23.8 Å². The van der Waals surface area contributed by atoms with E-state index in [0.29, 0.717) is 5.17 Å². The van der Waals surface area contributed by atoms with Crippen molar-refractivity contribution in [2.75, 3.05) is 5.75 Å². The van der Waals surface area contributed by atoms with E-state index in [0.717, 1.165) is 28.5 Å². The van der Waals surface area contributed by atoms with Crippen molar-refractivity contribution in [3.05, 3.63) is 28.8 Å². The van der Waals surface area contributed by atoms with Crippen LogP contribution in [0.3, 0.4) is 0 Å². The lowest BCUT2D eigenvalue weighted by Gasteiger charge is -2.08. The molecule has 86 valence electrons. The van der Waals surface area contributed by atoms with Crippen molar-refractivity contribution in [2.45, 2.75) is 12.5 Å². The summed E-state index contributed by atoms with van der Waals surface area (Å²) in [6.07, 6.45) is 0.958. The van der Waals surface area contributed by atoms with E-state index >= 15 is 0 Å². The normalized spacial score (nSPS) is 19.3. The Kier molecular flexibility index (Phi) is 3.46. The highest BCUT2D eigenvalue weighted by Crippen LogP contribution is 2.32. The van der Waals surface area contributed by atoms with Crippen molar-refractivity contribution in [2.24, 2.45) is 16.7 Å². The molecule has 4 nitrogen and oxygen atoms in total. The maximum Gasteiger partial charge on any atom is 0.177 e. The van der Waals surface area contributed by atoms with Crippen LogP contribution in [0.25, 0.3) is 0 Å². The number of rotatable bonds is 2. The molecule has 0 fully saturated rings. The van der Waals surface area contributed by atoms with Crippen LogP contribution in [0.2, 0.25) is 5.02 Å². The van der Waals surface area contributed by atoms with Gasteiger partial charge in [-0.3, -0.25) is 0 Å². The van der Waals surface area contributed by atoms with Crippen LogP contribution in [0, 0.1) is 0 Å². The summed E-state index contributed by atoms with van der Waals surface area (Å²) in [5.41, 5.74) is 6.63. The van der Waals surface area contributed by atoms with Gasteiger partial charge in [0.1, 0.15) is 11.9 Å². The van der Waals surface area contributed by atoms with Gasteiger partial charge in [-0.15, -0.1) is 0 Å². The summed E-state index contributed by atoms with van der Waals surface area (Å²) in [5.74, 6) is 6.68. The van der Waals surface area contributed by atoms with Crippen molar-refractivity contribution in [3.8, 4) is 5.75 Å². The van der Waals surface area contributed by atoms with Gasteiger partial charge in [0.15, 0.2) is 5.17 Å². The van der Waals surface area contributed by atoms with Crippen molar-refractivity contribution in [3.63, 3.8) is 0 Å². The predicted molar refractivity (Wildman–Crippen MR) is 67.8 cm³/mol. The fraction of sp³-hybridized carbons (Fsp3) is 0.300. The third-order valence-electron chi connectivity index (χ3n) is 2.31. The molecule has 0 saturated heterocycles. The van der Waals surface area contributed by atoms with Gasteiger partial charge >= 0.3 is 0 Å². The first-order valence-corrected chi connectivity index (χ1v) is 6.16. The van der Waals surface area contributed by atoms with E-state index in [1.165, 1.54) is 11.8 Å². The molecule has 0 spiro atoms. The molecular weight excluding hydrogens is 246 g/mol. The van der Waals surface area contributed by atoms with Crippen LogP contribution in [0.4, 0.5) is 0 Å². The average Bonchev–Trinajstić information content (AvgIpc) is 2.67. The number of benzene rings is 1. The Balaban J connectivity index is 1.95. The number of hydrogen-bond acceptors (Lipinski definition) is 4. The van der Waals surface area contributed by atoms with Crippen molar-refractivity contribution in [1.82, 2.24) is 0 Å². The number of nitrogens with zero attached hydrogens (tertiary/aromatic N) is 1. The summed E-state index contributed by atoms with van der Waals surface area (Å²) >= 11 is 7.30. The minimum absolute atomic E-state index is 0.110. The second-order valence-corrected chi connectivity index (χ2v) is 4.95. The molecule has 2 rings (SSSR count). The molecule has 1 aromatic carbocycles. The standard InChI is InChI=1S/C10H12ClN3OS/c11-7-1-2-9-6(3-7)4-8(15-9)5-16-10(12)14-13/h1-3,8H,4-5,13H2,(H2,12,14). The molecule has 1 aromatic rings. The smallest absolute Gasteiger partial charge is 0.177 e. The first kappa shape index (κ1) is 11.4. The summed E-state index contributed by atoms with van der Waals surface area (Å²) in [6, 6.07) is 5.65. The van der Waals surface area contributed by atoms with E-state index < -0.39 is 0 Å². The van der Waals surface area contributed by atoms with E-state index in [-0.39, 0.29) is 6.10 Å². The van der Waals surface area contributed by atoms with Crippen LogP contribution < -0.4 is 16.3 Å². The lowest BCUT2D eigenvalue weighted by Crippen LogP contribution is -2.20. The molecule has 1 heterocycles. The molecule has 0 amide bonds. The monoisotopic (exact) mass is 257 g/mol. The van der Waals surface area contributed by atoms with E-state index in [9.17, 15) is 0 Å². The fourth-order valence-corrected chi connectivity index (χ4v) is 2.41. The molecule has 0 aromatic heterocycles. The van der Waals surface area contributed by atoms with E-state index in [4.69, 9.17) is 27.9 Å². The van der Waals surface area contributed by atoms with Gasteiger partial charge in [-0.25, -0.2) is 0 Å². The van der Waals surface area contributed by atoms with E-state index in [1.807, 2.05) is 18.2 Å². The number of fused-ring (bicyclic) bond motifs is 1. The minimum atomic E-state index is 0.110. The molecule has 0 saturated carbocycles. The zero-order valence-electron chi connectivity index (χ0n) is 8.52. The molecule has 0 aliphatic carbocycles. The Hall–Kier alpha value is -1.07. The number of hydrazone groups is 1. The zero-order chi connectivity index (χ0) is 11.5. The summed E-state index contributed by atoms with van der Waals surface area (Å²) in [5, 5.41) is 4.50. The van der Waals surface area contributed by atoms with Crippen LogP contribution in [0.15, 0.2) is 23.3 Å². The quantitative estimate of drug-likeness (QED) is 0.365. The average molecular weight is 258 g/mol. The zero-order valence-corrected chi connectivity index (χ0v) is 10.1. The van der Waals surface area contributed by atoms with E-state index in [1.54, 1.807) is 0 Å². The highest BCUT2D eigenvalue weighted by atomic mass is 35.5. The predicted octanol–water partition coefficient (Wildman–Crippen LogP) is 1.57. The molecule has 6 heteroatoms. The van der Waals surface area contributed by atoms with Gasteiger partial charge in [0.05, 0.1) is 0 Å². The molecule has 1 aliphatic heterocycles. The van der Waals surface area contributed by atoms with Crippen molar-refractivity contribution in [1.29, 1.82) is 0 Å². The maximum absolute atomic E-state index is 5.90. The number of amidine groups is 1. The van der Waals surface area contributed by atoms with Crippen LogP contribution in [-0.2, 0) is 6.42 Å². The van der Waals surface area contributed by atoms with Crippen molar-refractivity contribution >= 4 is 28.5 Å². The second kappa shape index (κ2) is 4.84. The summed E-state index contributed by atoms with van der Waals surface area (Å²) in [6.45, 7) is 0. The van der Waals surface area contributed by atoms with Gasteiger partial charge in [-0.2, -0.15) is 5.10 Å².